The van der Waals surface area contributed by atoms with Crippen molar-refractivity contribution in [3.8, 4) is 0 Å². The predicted octanol–water partition coefficient (Wildman–Crippen LogP) is 4.12. The molecular formula is C14H16ClIN2O. The number of halogens is 2. The highest BCUT2D eigenvalue weighted by Gasteiger charge is 2.26. The first-order valence-corrected chi connectivity index (χ1v) is 8.16. The molecule has 0 aliphatic carbocycles. The molecule has 0 N–H and O–H groups in total. The zero-order valence-electron chi connectivity index (χ0n) is 10.8. The van der Waals surface area contributed by atoms with Crippen LogP contribution in [-0.4, -0.2) is 22.3 Å². The Labute approximate surface area is 131 Å². The molecule has 1 fully saturated rings. The van der Waals surface area contributed by atoms with Gasteiger partial charge in [-0.1, -0.05) is 0 Å². The molecule has 0 amide bonds. The lowest BCUT2D eigenvalue weighted by Crippen LogP contribution is -2.22. The van der Waals surface area contributed by atoms with Crippen LogP contribution in [0.25, 0.3) is 11.0 Å². The van der Waals surface area contributed by atoms with Crippen LogP contribution in [0.3, 0.4) is 0 Å². The molecule has 1 saturated heterocycles. The molecule has 102 valence electrons. The summed E-state index contributed by atoms with van der Waals surface area (Å²) in [6.45, 7) is 3.07. The van der Waals surface area contributed by atoms with Crippen LogP contribution >= 0.6 is 34.2 Å². The van der Waals surface area contributed by atoms with E-state index in [1.165, 1.54) is 3.57 Å². The Morgan fingerprint density at radius 3 is 3.11 bits per heavy atom. The summed E-state index contributed by atoms with van der Waals surface area (Å²) in [6, 6.07) is 6.62. The van der Waals surface area contributed by atoms with E-state index in [-0.39, 0.29) is 12.1 Å². The molecule has 1 aromatic heterocycles. The van der Waals surface area contributed by atoms with Crippen LogP contribution in [0.5, 0.6) is 0 Å². The summed E-state index contributed by atoms with van der Waals surface area (Å²) in [5.74, 6) is 1.36. The van der Waals surface area contributed by atoms with Crippen LogP contribution in [0.4, 0.5) is 0 Å². The van der Waals surface area contributed by atoms with Gasteiger partial charge in [-0.05, 0) is 60.6 Å². The standard InChI is InChI=1S/C14H16ClIN2O/c1-9(13-3-2-6-19-13)18-12-5-4-10(16)7-11(12)17-14(18)8-15/h4-5,7,9,13H,2-3,6,8H2,1H3. The van der Waals surface area contributed by atoms with Gasteiger partial charge in [-0.15, -0.1) is 11.6 Å². The average Bonchev–Trinajstić information content (AvgIpc) is 3.04. The number of hydrogen-bond acceptors (Lipinski definition) is 2. The molecule has 19 heavy (non-hydrogen) atoms. The van der Waals surface area contributed by atoms with E-state index in [9.17, 15) is 0 Å². The molecule has 5 heteroatoms. The Bertz CT molecular complexity index is 592. The van der Waals surface area contributed by atoms with E-state index < -0.39 is 0 Å². The van der Waals surface area contributed by atoms with Gasteiger partial charge in [0.05, 0.1) is 29.1 Å². The zero-order chi connectivity index (χ0) is 13.4. The summed E-state index contributed by atoms with van der Waals surface area (Å²) >= 11 is 8.38. The second kappa shape index (κ2) is 5.58. The Morgan fingerprint density at radius 1 is 1.58 bits per heavy atom. The fourth-order valence-corrected chi connectivity index (χ4v) is 3.48. The predicted molar refractivity (Wildman–Crippen MR) is 85.7 cm³/mol. The van der Waals surface area contributed by atoms with Crippen molar-refractivity contribution in [3.63, 3.8) is 0 Å². The third kappa shape index (κ3) is 2.50. The smallest absolute Gasteiger partial charge is 0.125 e. The molecule has 2 heterocycles. The fourth-order valence-electron chi connectivity index (χ4n) is 2.82. The fraction of sp³-hybridized carbons (Fsp3) is 0.500. The molecule has 0 spiro atoms. The van der Waals surface area contributed by atoms with Crippen molar-refractivity contribution < 1.29 is 4.74 Å². The highest BCUT2D eigenvalue weighted by molar-refractivity contribution is 14.1. The number of imidazole rings is 1. The van der Waals surface area contributed by atoms with Crippen LogP contribution in [-0.2, 0) is 10.6 Å². The first-order chi connectivity index (χ1) is 9.20. The number of ether oxygens (including phenoxy) is 1. The Kier molecular flexibility index (Phi) is 4.01. The highest BCUT2D eigenvalue weighted by atomic mass is 127. The maximum atomic E-state index is 6.07. The van der Waals surface area contributed by atoms with E-state index in [0.29, 0.717) is 5.88 Å². The molecule has 2 unspecified atom stereocenters. The van der Waals surface area contributed by atoms with E-state index in [1.807, 2.05) is 0 Å². The largest absolute Gasteiger partial charge is 0.376 e. The van der Waals surface area contributed by atoms with Gasteiger partial charge in [-0.3, -0.25) is 0 Å². The summed E-state index contributed by atoms with van der Waals surface area (Å²) < 4.78 is 9.26. The molecule has 0 bridgehead atoms. The summed E-state index contributed by atoms with van der Waals surface area (Å²) in [4.78, 5) is 4.66. The van der Waals surface area contributed by atoms with Crippen LogP contribution in [0, 0.1) is 3.57 Å². The number of nitrogens with zero attached hydrogens (tertiary/aromatic N) is 2. The van der Waals surface area contributed by atoms with Gasteiger partial charge >= 0.3 is 0 Å². The number of benzene rings is 1. The van der Waals surface area contributed by atoms with Crippen molar-refractivity contribution in [2.24, 2.45) is 0 Å². The van der Waals surface area contributed by atoms with E-state index in [0.717, 1.165) is 36.3 Å². The number of aromatic nitrogens is 2. The van der Waals surface area contributed by atoms with Crippen molar-refractivity contribution in [1.82, 2.24) is 9.55 Å². The Hall–Kier alpha value is -0.330. The van der Waals surface area contributed by atoms with Gasteiger partial charge in [-0.2, -0.15) is 0 Å². The van der Waals surface area contributed by atoms with E-state index in [4.69, 9.17) is 16.3 Å². The van der Waals surface area contributed by atoms with Crippen molar-refractivity contribution in [2.45, 2.75) is 37.8 Å². The zero-order valence-corrected chi connectivity index (χ0v) is 13.7. The van der Waals surface area contributed by atoms with Crippen LogP contribution in [0.2, 0.25) is 0 Å². The molecule has 1 aliphatic rings. The highest BCUT2D eigenvalue weighted by Crippen LogP contribution is 2.30. The van der Waals surface area contributed by atoms with Crippen LogP contribution < -0.4 is 0 Å². The summed E-state index contributed by atoms with van der Waals surface area (Å²) in [5.41, 5.74) is 2.17. The second-order valence-electron chi connectivity index (χ2n) is 4.96. The van der Waals surface area contributed by atoms with E-state index >= 15 is 0 Å². The van der Waals surface area contributed by atoms with E-state index in [1.54, 1.807) is 0 Å². The molecule has 1 aromatic carbocycles. The second-order valence-corrected chi connectivity index (χ2v) is 6.47. The molecule has 0 saturated carbocycles. The molecule has 2 aromatic rings. The molecule has 3 nitrogen and oxygen atoms in total. The normalized spacial score (nSPS) is 21.1. The van der Waals surface area contributed by atoms with Gasteiger partial charge in [-0.25, -0.2) is 4.98 Å². The van der Waals surface area contributed by atoms with Crippen molar-refractivity contribution >= 4 is 45.2 Å². The summed E-state index contributed by atoms with van der Waals surface area (Å²) in [6.07, 6.45) is 2.54. The number of hydrogen-bond donors (Lipinski definition) is 0. The average molecular weight is 391 g/mol. The lowest BCUT2D eigenvalue weighted by molar-refractivity contribution is 0.0738. The number of fused-ring (bicyclic) bond motifs is 1. The van der Waals surface area contributed by atoms with Gasteiger partial charge in [0.1, 0.15) is 5.82 Å². The van der Waals surface area contributed by atoms with Crippen LogP contribution in [0.15, 0.2) is 18.2 Å². The van der Waals surface area contributed by atoms with Gasteiger partial charge in [0.15, 0.2) is 0 Å². The van der Waals surface area contributed by atoms with Gasteiger partial charge in [0.25, 0.3) is 0 Å². The molecule has 2 atom stereocenters. The maximum Gasteiger partial charge on any atom is 0.125 e. The van der Waals surface area contributed by atoms with Crippen molar-refractivity contribution in [2.75, 3.05) is 6.61 Å². The third-order valence-electron chi connectivity index (χ3n) is 3.75. The Balaban J connectivity index is 2.09. The maximum absolute atomic E-state index is 6.07. The number of rotatable bonds is 3. The molecule has 0 radical (unpaired) electrons. The van der Waals surface area contributed by atoms with Crippen LogP contribution in [0.1, 0.15) is 31.6 Å². The van der Waals surface area contributed by atoms with E-state index in [2.05, 4.69) is 57.3 Å². The molecule has 3 rings (SSSR count). The minimum Gasteiger partial charge on any atom is -0.376 e. The van der Waals surface area contributed by atoms with Gasteiger partial charge in [0, 0.05) is 10.2 Å². The number of alkyl halides is 1. The summed E-state index contributed by atoms with van der Waals surface area (Å²) in [5, 5.41) is 0. The third-order valence-corrected chi connectivity index (χ3v) is 4.66. The first-order valence-electron chi connectivity index (χ1n) is 6.54. The minimum absolute atomic E-state index is 0.277. The quantitative estimate of drug-likeness (QED) is 0.582. The molecular weight excluding hydrogens is 375 g/mol. The topological polar surface area (TPSA) is 27.1 Å². The lowest BCUT2D eigenvalue weighted by atomic mass is 10.1. The lowest BCUT2D eigenvalue weighted by Gasteiger charge is -2.22. The molecule has 1 aliphatic heterocycles. The minimum atomic E-state index is 0.277. The SMILES string of the molecule is CC(C1CCCO1)n1c(CCl)nc2cc(I)ccc21. The monoisotopic (exact) mass is 390 g/mol. The van der Waals surface area contributed by atoms with Gasteiger partial charge < -0.3 is 9.30 Å². The van der Waals surface area contributed by atoms with Crippen molar-refractivity contribution in [1.29, 1.82) is 0 Å². The van der Waals surface area contributed by atoms with Crippen molar-refractivity contribution in [3.05, 3.63) is 27.6 Å². The van der Waals surface area contributed by atoms with Gasteiger partial charge in [0.2, 0.25) is 0 Å². The Morgan fingerprint density at radius 2 is 2.42 bits per heavy atom. The first kappa shape index (κ1) is 13.6. The summed E-state index contributed by atoms with van der Waals surface area (Å²) in [7, 11) is 0.